The number of pyridine rings is 1. The molecule has 0 amide bonds. The molecule has 0 saturated heterocycles. The van der Waals surface area contributed by atoms with Crippen LogP contribution in [-0.2, 0) is 76.4 Å². The first kappa shape index (κ1) is 92.5. The van der Waals surface area contributed by atoms with Gasteiger partial charge in [-0.2, -0.15) is 43.0 Å². The van der Waals surface area contributed by atoms with Gasteiger partial charge in [0.1, 0.15) is 72.1 Å². The number of nitrogens with one attached hydrogen (secondary N) is 6. The summed E-state index contributed by atoms with van der Waals surface area (Å²) in [4.78, 5) is 58.6. The van der Waals surface area contributed by atoms with Gasteiger partial charge in [0.05, 0.1) is 73.8 Å². The van der Waals surface area contributed by atoms with Gasteiger partial charge in [0.25, 0.3) is 0 Å². The number of ether oxygens (including phenoxy) is 2. The Kier molecular flexibility index (Phi) is 28.4. The van der Waals surface area contributed by atoms with Gasteiger partial charge in [-0.15, -0.1) is 0 Å². The Balaban J connectivity index is 0.000000133. The van der Waals surface area contributed by atoms with Crippen molar-refractivity contribution < 1.29 is 84.7 Å². The van der Waals surface area contributed by atoms with Crippen molar-refractivity contribution in [2.75, 3.05) is 47.7 Å². The topological polar surface area (TPSA) is 611 Å². The molecule has 18 N–H and O–H groups in total. The second kappa shape index (κ2) is 39.6. The lowest BCUT2D eigenvalue weighted by Gasteiger charge is -2.20. The fourth-order valence-electron chi connectivity index (χ4n) is 16.9. The molecule has 18 rings (SSSR count). The van der Waals surface area contributed by atoms with E-state index in [4.69, 9.17) is 46.6 Å². The van der Waals surface area contributed by atoms with Crippen LogP contribution in [0.1, 0.15) is 106 Å². The molecule has 129 heavy (non-hydrogen) atoms. The number of nitrogens with two attached hydrogens (primary N) is 4. The average molecular weight is 1870 g/mol. The lowest BCUT2D eigenvalue weighted by molar-refractivity contribution is 0.0983. The third-order valence-corrected chi connectivity index (χ3v) is 25.1. The molecular weight excluding hydrogens is 1780 g/mol. The number of rotatable bonds is 28. The van der Waals surface area contributed by atoms with Crippen LogP contribution in [0, 0.1) is 29.5 Å². The van der Waals surface area contributed by atoms with Crippen LogP contribution in [0.25, 0.3) is 56.0 Å². The van der Waals surface area contributed by atoms with E-state index >= 15 is 4.39 Å². The highest BCUT2D eigenvalue weighted by Crippen LogP contribution is 2.47. The summed E-state index contributed by atoms with van der Waals surface area (Å²) < 4.78 is 134. The summed E-state index contributed by atoms with van der Waals surface area (Å²) in [6, 6.07) is 42.2. The van der Waals surface area contributed by atoms with E-state index in [1.807, 2.05) is 115 Å². The van der Waals surface area contributed by atoms with Gasteiger partial charge < -0.3 is 61.1 Å². The van der Waals surface area contributed by atoms with Crippen molar-refractivity contribution in [3.63, 3.8) is 0 Å². The first-order chi connectivity index (χ1) is 61.5. The maximum Gasteiger partial charge on any atom is 0.333 e. The summed E-state index contributed by atoms with van der Waals surface area (Å²) >= 11 is 6.09. The van der Waals surface area contributed by atoms with Crippen LogP contribution in [0.2, 0.25) is 5.02 Å². The van der Waals surface area contributed by atoms with Gasteiger partial charge in [-0.05, 0) is 104 Å². The minimum atomic E-state index is -4.09. The number of aromatic amines is 2. The fourth-order valence-corrected chi connectivity index (χ4v) is 18.5. The van der Waals surface area contributed by atoms with Crippen LogP contribution in [0.5, 0.6) is 11.6 Å². The largest absolute Gasteiger partial charge is 0.488 e. The number of anilines is 4. The molecule has 682 valence electrons. The number of hydrogen-bond donors (Lipinski definition) is 14. The predicted octanol–water partition coefficient (Wildman–Crippen LogP) is 7.48. The molecule has 6 aliphatic rings. The van der Waals surface area contributed by atoms with Gasteiger partial charge in [-0.25, -0.2) is 70.4 Å². The van der Waals surface area contributed by atoms with Crippen LogP contribution in [0.4, 0.5) is 33.3 Å². The zero-order valence-corrected chi connectivity index (χ0v) is 73.3. The molecule has 0 spiro atoms. The average Bonchev–Trinajstić information content (AvgIpc) is 1.63. The third kappa shape index (κ3) is 23.9. The summed E-state index contributed by atoms with van der Waals surface area (Å²) in [5.41, 5.74) is 11.2. The van der Waals surface area contributed by atoms with Crippen LogP contribution < -0.4 is 51.3 Å². The summed E-state index contributed by atoms with van der Waals surface area (Å²) in [6.45, 7) is 4.02. The number of aliphatic imine (C=N–C) groups is 1. The molecule has 12 aromatic rings. The minimum Gasteiger partial charge on any atom is -0.488 e. The number of para-hydroxylation sites is 1. The van der Waals surface area contributed by atoms with Crippen molar-refractivity contribution in [2.45, 2.75) is 145 Å². The number of halogens is 2. The molecule has 4 saturated carbocycles. The lowest BCUT2D eigenvalue weighted by atomic mass is 9.86. The van der Waals surface area contributed by atoms with Gasteiger partial charge in [0.2, 0.25) is 11.7 Å². The molecule has 4 fully saturated rings. The molecule has 5 aliphatic carbocycles. The maximum atomic E-state index is 15.2. The number of hydrogen-bond acceptors (Lipinski definition) is 34. The number of aliphatic hydroxyl groups excluding tert-OH is 4. The van der Waals surface area contributed by atoms with Crippen LogP contribution in [0.3, 0.4) is 0 Å². The second-order valence-electron chi connectivity index (χ2n) is 32.7. The van der Waals surface area contributed by atoms with Crippen molar-refractivity contribution >= 4 is 121 Å². The standard InChI is InChI=1S/C25H27N5O5S.C21H28FN5O4S.C20H19ClN6O5S.C17H20N6O4S/c26-36(32,33)35-14-17-10-18(11-22(17)31)29-25-24-21(27-15-28-25)12-20(30-24)19-8-4-5-9-23(19)34-13-16-6-2-1-3-7-16;1-21(2)9-16(14-5-3-4-6-15(14)21)27-20-18(22)19(24-11-25-20)26-13-7-12(17(28)8-13)10-31-32(23,29)30;21-11-1-2-13-14(3-4-23-15(13)6-11)18-26-17-19(27-18)24-9-25-20(17)32-12-5-10(16(28)7-12)8-31-33(22,29)30;18-28(25,26)27-8-11-6-12(7-13(11)24)21-16-14-17(20-9-19-16)23-15(22-14)10-4-2-1-3-5-10/h1-9,15,17-18,22,31H,10-14H2,(H2,26,32,33)(H,27,28,29);3-6,11-13,16-17,28H,7-10H2,1-2H3,(H2,23,29,30)(H2,24,25,26,27);1-4,6,9-10,12,16,28H,5,7-8H2,(H2,22,29,30)(H,24,25,26,27);1-5,9,11-13,24H,6-8H2,(H2,18,25,26)(H2,19,20,21,22,23)/t17-,18+,22-;12-,13+,16-,17-;10-,12+,16-;11-,12+,13-/m0000/s1. The summed E-state index contributed by atoms with van der Waals surface area (Å²) in [5, 5.41) is 74.8. The van der Waals surface area contributed by atoms with Crippen molar-refractivity contribution in [1.29, 1.82) is 0 Å². The van der Waals surface area contributed by atoms with E-state index < -0.39 is 89.4 Å². The zero-order valence-electron chi connectivity index (χ0n) is 69.3. The number of benzene rings is 5. The second-order valence-corrected chi connectivity index (χ2v) is 38.0. The van der Waals surface area contributed by atoms with Crippen LogP contribution >= 0.6 is 11.6 Å². The maximum absolute atomic E-state index is 15.2. The quantitative estimate of drug-likeness (QED) is 0.0226. The minimum absolute atomic E-state index is 0.0262. The summed E-state index contributed by atoms with van der Waals surface area (Å²) in [5.74, 6) is 1.38. The van der Waals surface area contributed by atoms with Crippen molar-refractivity contribution in [1.82, 2.24) is 64.8 Å². The van der Waals surface area contributed by atoms with E-state index in [0.29, 0.717) is 121 Å². The van der Waals surface area contributed by atoms with Gasteiger partial charge in [0, 0.05) is 87.9 Å². The first-order valence-corrected chi connectivity index (χ1v) is 47.2. The van der Waals surface area contributed by atoms with Crippen LogP contribution in [0.15, 0.2) is 170 Å². The number of H-pyrrole nitrogens is 2. The Hall–Kier alpha value is -11.2. The highest BCUT2D eigenvalue weighted by atomic mass is 35.5. The number of imidazole rings is 2. The fraction of sp³-hybridized carbons (Fsp3) is 0.373. The lowest BCUT2D eigenvalue weighted by Crippen LogP contribution is -2.24. The number of aliphatic hydroxyl groups is 4. The Morgan fingerprint density at radius 1 is 0.512 bits per heavy atom. The van der Waals surface area contributed by atoms with Crippen molar-refractivity contribution in [2.24, 2.45) is 49.2 Å². The normalized spacial score (nSPS) is 22.8. The molecule has 46 heteroatoms. The Morgan fingerprint density at radius 2 is 1.02 bits per heavy atom. The highest BCUT2D eigenvalue weighted by Gasteiger charge is 2.42. The third-order valence-electron chi connectivity index (χ3n) is 23.0. The molecule has 0 radical (unpaired) electrons. The molecule has 8 heterocycles. The number of fused-ring (bicyclic) bond motifs is 5. The zero-order chi connectivity index (χ0) is 91.1. The molecular formula is C83H94ClFN22O18S4. The van der Waals surface area contributed by atoms with E-state index in [9.17, 15) is 54.1 Å². The monoisotopic (exact) mass is 1870 g/mol. The summed E-state index contributed by atoms with van der Waals surface area (Å²) in [7, 11) is -16.2. The number of nitrogens with zero attached hydrogens (tertiary/aromatic N) is 12. The van der Waals surface area contributed by atoms with E-state index in [1.54, 1.807) is 18.3 Å². The smallest absolute Gasteiger partial charge is 0.333 e. The van der Waals surface area contributed by atoms with Crippen molar-refractivity contribution in [3.8, 4) is 34.4 Å². The van der Waals surface area contributed by atoms with E-state index in [2.05, 4.69) is 123 Å². The Bertz CT molecular complexity index is 6530. The first-order valence-electron chi connectivity index (χ1n) is 41.0. The molecule has 0 unspecified atom stereocenters. The van der Waals surface area contributed by atoms with E-state index in [0.717, 1.165) is 62.3 Å². The van der Waals surface area contributed by atoms with Gasteiger partial charge in [-0.3, -0.25) is 21.7 Å². The van der Waals surface area contributed by atoms with Gasteiger partial charge >= 0.3 is 41.2 Å². The Labute approximate surface area is 745 Å². The summed E-state index contributed by atoms with van der Waals surface area (Å²) in [6.07, 6.45) is 8.39. The SMILES string of the molecule is CC1(C)C[C@H](Nc2ncnc(N[C@@H]3C[C@@H](COS(N)(=O)=O)[C@@H](O)C3)c2F)c2ccccc21.NS(=O)(=O)OC[C@@H]1C[C@@H](Nc2ncnc3c2N=C(c2ccccc2OCc2ccccc2)C3)C[C@@H]1O.NS(=O)(=O)OC[C@@H]1C[C@@H](Nc2ncnc3nc(-c4ccccc4)[nH]c23)C[C@@H]1O.NS(=O)(=O)OC[C@@H]1C[C@@H](Oc2ncnc3nc(-c4ccnc5cc(Cl)ccc45)[nH]c23)C[C@@H]1O. The van der Waals surface area contributed by atoms with Crippen molar-refractivity contribution in [3.05, 3.63) is 204 Å². The molecule has 7 aromatic heterocycles. The molecule has 5 aromatic carbocycles. The Morgan fingerprint density at radius 3 is 1.65 bits per heavy atom. The molecule has 40 nitrogen and oxygen atoms in total. The highest BCUT2D eigenvalue weighted by molar-refractivity contribution is 7.85. The van der Waals surface area contributed by atoms with Crippen LogP contribution in [-0.4, -0.2) is 200 Å². The predicted molar refractivity (Wildman–Crippen MR) is 474 cm³/mol. The van der Waals surface area contributed by atoms with Gasteiger partial charge in [0.15, 0.2) is 34.6 Å². The van der Waals surface area contributed by atoms with Gasteiger partial charge in [-0.1, -0.05) is 129 Å². The van der Waals surface area contributed by atoms with E-state index in [-0.39, 0.29) is 85.4 Å². The molecule has 1 aliphatic heterocycles. The molecule has 13 atom stereocenters. The van der Waals surface area contributed by atoms with E-state index in [1.165, 1.54) is 30.9 Å². The molecule has 0 bridgehead atoms. The number of aromatic nitrogens is 13.